The molecule has 1 amide bonds. The number of carbonyl (C=O) groups excluding carboxylic acids is 1. The lowest BCUT2D eigenvalue weighted by molar-refractivity contribution is -0.120. The molecule has 150 valence electrons. The van der Waals surface area contributed by atoms with E-state index in [1.165, 1.54) is 0 Å². The van der Waals surface area contributed by atoms with E-state index in [0.717, 1.165) is 20.1 Å². The Morgan fingerprint density at radius 1 is 1.03 bits per heavy atom. The number of nitrogens with one attached hydrogen (secondary N) is 1. The third-order valence-corrected chi connectivity index (χ3v) is 5.45. The molecule has 0 unspecified atom stereocenters. The monoisotopic (exact) mass is 527 g/mol. The summed E-state index contributed by atoms with van der Waals surface area (Å²) in [4.78, 5) is 15.1. The number of hydrogen-bond donors (Lipinski definition) is 2. The summed E-state index contributed by atoms with van der Waals surface area (Å²) >= 11 is 6.82. The second-order valence-electron chi connectivity index (χ2n) is 6.38. The van der Waals surface area contributed by atoms with Gasteiger partial charge in [-0.05, 0) is 39.7 Å². The van der Waals surface area contributed by atoms with E-state index >= 15 is 0 Å². The first kappa shape index (κ1) is 20.3. The van der Waals surface area contributed by atoms with Gasteiger partial charge in [0.15, 0.2) is 12.3 Å². The molecule has 0 radical (unpaired) electrons. The Hall–Kier alpha value is -2.97. The molecule has 3 aromatic carbocycles. The van der Waals surface area contributed by atoms with Crippen LogP contribution in [0.5, 0.6) is 11.6 Å². The van der Waals surface area contributed by atoms with Gasteiger partial charge in [-0.3, -0.25) is 4.79 Å². The minimum Gasteiger partial charge on any atom is -0.493 e. The largest absolute Gasteiger partial charge is 0.493 e. The van der Waals surface area contributed by atoms with E-state index in [1.54, 1.807) is 12.1 Å². The zero-order valence-electron chi connectivity index (χ0n) is 15.5. The summed E-state index contributed by atoms with van der Waals surface area (Å²) in [6, 6.07) is 20.9. The smallest absolute Gasteiger partial charge is 0.302 e. The summed E-state index contributed by atoms with van der Waals surface area (Å²) in [5.41, 5.74) is 2.71. The second kappa shape index (κ2) is 8.81. The number of fused-ring (bicyclic) bond motifs is 1. The Balaban J connectivity index is 1.51. The number of nitrogens with zero attached hydrogens (tertiary/aromatic N) is 2. The number of ether oxygens (including phenoxy) is 1. The van der Waals surface area contributed by atoms with Gasteiger partial charge in [0.25, 0.3) is 0 Å². The number of benzene rings is 3. The minimum atomic E-state index is -0.569. The van der Waals surface area contributed by atoms with Gasteiger partial charge >= 0.3 is 5.91 Å². The third-order valence-electron chi connectivity index (χ3n) is 4.36. The van der Waals surface area contributed by atoms with Crippen LogP contribution in [0.3, 0.4) is 0 Å². The fourth-order valence-electron chi connectivity index (χ4n) is 3.02. The van der Waals surface area contributed by atoms with Crippen LogP contribution in [-0.4, -0.2) is 22.6 Å². The average molecular weight is 529 g/mol. The molecule has 0 spiro atoms. The van der Waals surface area contributed by atoms with E-state index < -0.39 is 5.91 Å². The zero-order chi connectivity index (χ0) is 21.1. The quantitative estimate of drug-likeness (QED) is 0.281. The van der Waals surface area contributed by atoms with Crippen molar-refractivity contribution in [2.45, 2.75) is 0 Å². The standard InChI is InChI=1S/C22H15Br2N3O3/c23-14-10-16-20(17(24)11-14)25-22(29)21(16)27-26-19(28)12-30-18-9-5-4-8-15(18)13-6-2-1-3-7-13/h1-11,25,29H,12H2. The summed E-state index contributed by atoms with van der Waals surface area (Å²) < 4.78 is 7.23. The average Bonchev–Trinajstić information content (AvgIpc) is 3.07. The number of carbonyl (C=O) groups is 1. The predicted molar refractivity (Wildman–Crippen MR) is 122 cm³/mol. The molecule has 1 heterocycles. The van der Waals surface area contributed by atoms with Crippen LogP contribution >= 0.6 is 31.9 Å². The van der Waals surface area contributed by atoms with Gasteiger partial charge in [-0.2, -0.15) is 0 Å². The lowest BCUT2D eigenvalue weighted by atomic mass is 10.1. The predicted octanol–water partition coefficient (Wildman–Crippen LogP) is 6.75. The zero-order valence-corrected chi connectivity index (χ0v) is 18.6. The van der Waals surface area contributed by atoms with Gasteiger partial charge in [0.05, 0.1) is 5.52 Å². The van der Waals surface area contributed by atoms with Crippen LogP contribution < -0.4 is 4.74 Å². The van der Waals surface area contributed by atoms with Crippen molar-refractivity contribution in [3.05, 3.63) is 75.7 Å². The molecule has 0 fully saturated rings. The van der Waals surface area contributed by atoms with Gasteiger partial charge < -0.3 is 14.8 Å². The fraction of sp³-hybridized carbons (Fsp3) is 0.0455. The molecule has 4 rings (SSSR count). The highest BCUT2D eigenvalue weighted by Gasteiger charge is 2.14. The SMILES string of the molecule is O=C(COc1ccccc1-c1ccccc1)N=Nc1c(O)[nH]c2c(Br)cc(Br)cc12. The third kappa shape index (κ3) is 4.29. The molecule has 2 N–H and O–H groups in total. The number of aromatic nitrogens is 1. The molecule has 0 bridgehead atoms. The van der Waals surface area contributed by atoms with E-state index in [-0.39, 0.29) is 18.2 Å². The lowest BCUT2D eigenvalue weighted by Crippen LogP contribution is -2.08. The first-order valence-electron chi connectivity index (χ1n) is 8.94. The maximum absolute atomic E-state index is 12.2. The summed E-state index contributed by atoms with van der Waals surface area (Å²) in [5, 5.41) is 18.4. The van der Waals surface area contributed by atoms with Crippen molar-refractivity contribution in [1.82, 2.24) is 4.98 Å². The fourth-order valence-corrected chi connectivity index (χ4v) is 4.34. The van der Waals surface area contributed by atoms with Crippen LogP contribution in [0.1, 0.15) is 0 Å². The Labute approximate surface area is 188 Å². The normalized spacial score (nSPS) is 11.3. The number of aromatic hydroxyl groups is 1. The number of para-hydroxylation sites is 1. The van der Waals surface area contributed by atoms with Gasteiger partial charge in [-0.1, -0.05) is 64.5 Å². The molecular weight excluding hydrogens is 514 g/mol. The Morgan fingerprint density at radius 2 is 1.77 bits per heavy atom. The first-order valence-corrected chi connectivity index (χ1v) is 10.5. The van der Waals surface area contributed by atoms with Crippen molar-refractivity contribution in [3.8, 4) is 22.8 Å². The number of H-pyrrole nitrogens is 1. The lowest BCUT2D eigenvalue weighted by Gasteiger charge is -2.10. The van der Waals surface area contributed by atoms with Crippen molar-refractivity contribution in [2.75, 3.05) is 6.61 Å². The molecule has 0 aliphatic rings. The van der Waals surface area contributed by atoms with Crippen LogP contribution in [0.4, 0.5) is 5.69 Å². The van der Waals surface area contributed by atoms with Crippen molar-refractivity contribution in [2.24, 2.45) is 10.2 Å². The van der Waals surface area contributed by atoms with E-state index in [1.807, 2.05) is 54.6 Å². The number of azo groups is 1. The van der Waals surface area contributed by atoms with Gasteiger partial charge in [0.2, 0.25) is 5.88 Å². The molecule has 0 aliphatic carbocycles. The Kier molecular flexibility index (Phi) is 5.96. The molecule has 6 nitrogen and oxygen atoms in total. The summed E-state index contributed by atoms with van der Waals surface area (Å²) in [6.07, 6.45) is 0. The summed E-state index contributed by atoms with van der Waals surface area (Å²) in [6.45, 7) is -0.274. The maximum Gasteiger partial charge on any atom is 0.302 e. The number of amides is 1. The highest BCUT2D eigenvalue weighted by atomic mass is 79.9. The van der Waals surface area contributed by atoms with Crippen LogP contribution in [-0.2, 0) is 4.79 Å². The maximum atomic E-state index is 12.2. The molecule has 0 saturated carbocycles. The van der Waals surface area contributed by atoms with Gasteiger partial charge in [0, 0.05) is 19.9 Å². The van der Waals surface area contributed by atoms with Crippen LogP contribution in [0.25, 0.3) is 22.0 Å². The molecule has 4 aromatic rings. The van der Waals surface area contributed by atoms with Crippen LogP contribution in [0.15, 0.2) is 85.9 Å². The van der Waals surface area contributed by atoms with Crippen molar-refractivity contribution in [3.63, 3.8) is 0 Å². The van der Waals surface area contributed by atoms with Gasteiger partial charge in [-0.15, -0.1) is 10.2 Å². The minimum absolute atomic E-state index is 0.171. The molecule has 8 heteroatoms. The van der Waals surface area contributed by atoms with E-state index in [0.29, 0.717) is 16.7 Å². The highest BCUT2D eigenvalue weighted by molar-refractivity contribution is 9.11. The molecule has 1 aromatic heterocycles. The topological polar surface area (TPSA) is 87.0 Å². The van der Waals surface area contributed by atoms with Crippen molar-refractivity contribution < 1.29 is 14.6 Å². The number of hydrogen-bond acceptors (Lipinski definition) is 4. The Bertz CT molecular complexity index is 1250. The van der Waals surface area contributed by atoms with E-state index in [4.69, 9.17) is 4.74 Å². The highest BCUT2D eigenvalue weighted by Crippen LogP contribution is 2.40. The second-order valence-corrected chi connectivity index (χ2v) is 8.15. The Morgan fingerprint density at radius 3 is 2.57 bits per heavy atom. The van der Waals surface area contributed by atoms with Crippen molar-refractivity contribution >= 4 is 54.4 Å². The number of aromatic amines is 1. The van der Waals surface area contributed by atoms with Gasteiger partial charge in [-0.25, -0.2) is 0 Å². The summed E-state index contributed by atoms with van der Waals surface area (Å²) in [5.74, 6) is -0.161. The van der Waals surface area contributed by atoms with E-state index in [9.17, 15) is 9.90 Å². The molecule has 0 aliphatic heterocycles. The van der Waals surface area contributed by atoms with E-state index in [2.05, 4.69) is 47.1 Å². The molecule has 0 atom stereocenters. The molecule has 0 saturated heterocycles. The summed E-state index contributed by atoms with van der Waals surface area (Å²) in [7, 11) is 0. The number of halogens is 2. The van der Waals surface area contributed by atoms with Crippen LogP contribution in [0, 0.1) is 0 Å². The molecule has 30 heavy (non-hydrogen) atoms. The van der Waals surface area contributed by atoms with Crippen molar-refractivity contribution in [1.29, 1.82) is 0 Å². The van der Waals surface area contributed by atoms with Crippen LogP contribution in [0.2, 0.25) is 0 Å². The van der Waals surface area contributed by atoms with Gasteiger partial charge in [0.1, 0.15) is 5.75 Å². The number of rotatable bonds is 5. The first-order chi connectivity index (χ1) is 14.5. The molecular formula is C22H15Br2N3O3.